The van der Waals surface area contributed by atoms with Crippen molar-refractivity contribution in [2.24, 2.45) is 99.2 Å². The van der Waals surface area contributed by atoms with Crippen molar-refractivity contribution in [3.05, 3.63) is 0 Å². The van der Waals surface area contributed by atoms with Gasteiger partial charge in [0.1, 0.15) is 0 Å². The van der Waals surface area contributed by atoms with Crippen molar-refractivity contribution >= 4 is 25.8 Å². The van der Waals surface area contributed by atoms with Crippen LogP contribution in [0.1, 0.15) is 0 Å². The summed E-state index contributed by atoms with van der Waals surface area (Å²) in [7, 11) is 0. The van der Waals surface area contributed by atoms with Crippen LogP contribution in [0.25, 0.3) is 0 Å². The summed E-state index contributed by atoms with van der Waals surface area (Å²) in [6.45, 7) is 0. The van der Waals surface area contributed by atoms with Gasteiger partial charge < -0.3 is 0 Å². The summed E-state index contributed by atoms with van der Waals surface area (Å²) < 4.78 is 7.23. The first kappa shape index (κ1) is 36.8. The topological polar surface area (TPSA) is 428 Å². The van der Waals surface area contributed by atoms with Crippen LogP contribution in [-0.4, -0.2) is 5.34 Å². The SMILES string of the molecule is N=N/N=N/N=N/N=N/N=N/N=N/N=N/N=N/N=N/N=N/N(OOOOOOOOOS)OOOOOOOOOS. The van der Waals surface area contributed by atoms with Crippen molar-refractivity contribution in [3.8, 4) is 0 Å². The van der Waals surface area contributed by atoms with Gasteiger partial charge in [0.25, 0.3) is 0 Å². The summed E-state index contributed by atoms with van der Waals surface area (Å²) in [5.74, 6) is 0. The first-order valence-corrected chi connectivity index (χ1v) is 8.15. The van der Waals surface area contributed by atoms with Crippen LogP contribution in [0.3, 0.4) is 0 Å². The molecule has 0 saturated heterocycles. The highest BCUT2D eigenvalue weighted by atomic mass is 32.1. The fourth-order valence-corrected chi connectivity index (χ4v) is 0.646. The molecule has 228 valence electrons. The van der Waals surface area contributed by atoms with Crippen molar-refractivity contribution in [3.63, 3.8) is 0 Å². The maximum absolute atomic E-state index is 6.24. The van der Waals surface area contributed by atoms with Gasteiger partial charge >= 0.3 is 0 Å². The van der Waals surface area contributed by atoms with Gasteiger partial charge in [0.2, 0.25) is 0 Å². The first-order chi connectivity index (χ1) is 20.3. The number of rotatable bonds is 28. The van der Waals surface area contributed by atoms with E-state index in [9.17, 15) is 0 Å². The fraction of sp³-hybridized carbons (Fsp3) is 0. The second kappa shape index (κ2) is 33.8. The predicted molar refractivity (Wildman–Crippen MR) is 88.2 cm³/mol. The van der Waals surface area contributed by atoms with E-state index >= 15 is 0 Å². The van der Waals surface area contributed by atoms with Crippen LogP contribution in [0, 0.1) is 5.53 Å². The van der Waals surface area contributed by atoms with Crippen LogP contribution >= 0.6 is 25.8 Å². The lowest BCUT2D eigenvalue weighted by Crippen LogP contribution is -2.19. The maximum Gasteiger partial charge on any atom is 0.0559 e. The molecule has 0 spiro atoms. The minimum Gasteiger partial charge on any atom is -0.183 e. The van der Waals surface area contributed by atoms with E-state index in [1.54, 1.807) is 0 Å². The molecule has 0 aliphatic rings. The van der Waals surface area contributed by atoms with E-state index in [-0.39, 0.29) is 5.34 Å². The standard InChI is InChI=1S/H3N21O18S2/c1-2-3-4-5-6-7-8-9-10-11-12-13-14-15-16-17-18-19-20-21(22-24-26-28-30-32-34-36-38-40)23-25-27-29-31-33-35-37-39-41/h1,40-41H/b2-1?,4-3+,6-5+,8-7+,10-9+,12-11+,14-13+,16-15+,18-17+,20-19+. The van der Waals surface area contributed by atoms with E-state index in [0.717, 1.165) is 0 Å². The first-order valence-electron chi connectivity index (χ1n) is 7.42. The molecule has 0 saturated carbocycles. The van der Waals surface area contributed by atoms with Crippen LogP contribution in [0.2, 0.25) is 0 Å². The molecule has 0 aliphatic heterocycles. The van der Waals surface area contributed by atoms with Gasteiger partial charge in [0.05, 0.1) is 5.34 Å². The number of nitrogens with one attached hydrogen (secondary N) is 1. The Bertz CT molecular complexity index is 835. The highest BCUT2D eigenvalue weighted by molar-refractivity contribution is 7.75. The van der Waals surface area contributed by atoms with Crippen molar-refractivity contribution in [2.45, 2.75) is 0 Å². The Labute approximate surface area is 226 Å². The molecule has 0 unspecified atom stereocenters. The summed E-state index contributed by atoms with van der Waals surface area (Å²) >= 11 is 6.16. The van der Waals surface area contributed by atoms with E-state index in [0.29, 0.717) is 0 Å². The molecule has 0 aromatic heterocycles. The monoisotopic (exact) mass is 649 g/mol. The largest absolute Gasteiger partial charge is 0.183 e. The van der Waals surface area contributed by atoms with Crippen molar-refractivity contribution in [1.29, 1.82) is 5.53 Å². The van der Waals surface area contributed by atoms with Crippen molar-refractivity contribution in [1.82, 2.24) is 5.34 Å². The third-order valence-corrected chi connectivity index (χ3v) is 1.50. The van der Waals surface area contributed by atoms with Crippen molar-refractivity contribution < 1.29 is 89.2 Å². The quantitative estimate of drug-likeness (QED) is 0.0273. The summed E-state index contributed by atoms with van der Waals surface area (Å²) in [4.78, 5) is 8.10. The Balaban J connectivity index is 4.36. The van der Waals surface area contributed by atoms with E-state index in [1.165, 1.54) is 0 Å². The van der Waals surface area contributed by atoms with Gasteiger partial charge in [0, 0.05) is 83.3 Å². The van der Waals surface area contributed by atoms with E-state index in [2.05, 4.69) is 214 Å². The Kier molecular flexibility index (Phi) is 30.3. The highest BCUT2D eigenvalue weighted by Gasteiger charge is 2.10. The number of hydrogen-bond acceptors (Lipinski definition) is 22. The molecule has 0 rings (SSSR count). The second-order valence-electron chi connectivity index (χ2n) is 3.20. The third kappa shape index (κ3) is 31.9. The summed E-state index contributed by atoms with van der Waals surface area (Å²) in [6, 6.07) is 0. The Morgan fingerprint density at radius 3 is 0.927 bits per heavy atom. The smallest absolute Gasteiger partial charge is 0.0559 e. The molecular weight excluding hydrogens is 646 g/mol. The van der Waals surface area contributed by atoms with Crippen LogP contribution in [-0.2, 0) is 89.2 Å². The molecule has 0 bridgehead atoms. The van der Waals surface area contributed by atoms with E-state index < -0.39 is 0 Å². The van der Waals surface area contributed by atoms with Gasteiger partial charge in [0.15, 0.2) is 0 Å². The lowest BCUT2D eigenvalue weighted by molar-refractivity contribution is -0.861. The summed E-state index contributed by atoms with van der Waals surface area (Å²) in [6.07, 6.45) is 0. The molecule has 0 radical (unpaired) electrons. The Morgan fingerprint density at radius 2 is 0.610 bits per heavy atom. The van der Waals surface area contributed by atoms with Crippen LogP contribution in [0.4, 0.5) is 0 Å². The zero-order chi connectivity index (χ0) is 29.7. The Morgan fingerprint density at radius 1 is 0.341 bits per heavy atom. The van der Waals surface area contributed by atoms with Crippen LogP contribution < -0.4 is 0 Å². The minimum absolute atomic E-state index is 0.272. The highest BCUT2D eigenvalue weighted by Crippen LogP contribution is 2.01. The number of thiol groups is 2. The molecule has 41 heavy (non-hydrogen) atoms. The van der Waals surface area contributed by atoms with Gasteiger partial charge in [-0.3, -0.25) is 0 Å². The van der Waals surface area contributed by atoms with Crippen LogP contribution in [0.5, 0.6) is 0 Å². The molecular formula is H3N21O18S2. The molecule has 0 amide bonds. The molecule has 0 aromatic carbocycles. The average Bonchev–Trinajstić information content (AvgIpc) is 2.98. The molecule has 41 heteroatoms. The molecule has 39 nitrogen and oxygen atoms in total. The predicted octanol–water partition coefficient (Wildman–Crippen LogP) is 3.00. The fourth-order valence-electron chi connectivity index (χ4n) is 0.596. The van der Waals surface area contributed by atoms with Gasteiger partial charge in [-0.25, -0.2) is 0 Å². The molecule has 0 aromatic rings. The second-order valence-corrected chi connectivity index (χ2v) is 3.50. The summed E-state index contributed by atoms with van der Waals surface area (Å²) in [5.41, 5.74) is 6.24. The van der Waals surface area contributed by atoms with Gasteiger partial charge in [-0.05, 0) is 122 Å². The van der Waals surface area contributed by atoms with Crippen molar-refractivity contribution in [2.75, 3.05) is 0 Å². The number of hydrogen-bond donors (Lipinski definition) is 3. The van der Waals surface area contributed by atoms with E-state index in [4.69, 9.17) is 5.53 Å². The van der Waals surface area contributed by atoms with Crippen LogP contribution in [0.15, 0.2) is 99.2 Å². The molecule has 0 fully saturated rings. The zero-order valence-electron chi connectivity index (χ0n) is 17.7. The Hall–Kier alpha value is -4.22. The lowest BCUT2D eigenvalue weighted by atomic mass is 12.3. The number of nitrogens with zero attached hydrogens (tertiary/aromatic N) is 20. The zero-order valence-corrected chi connectivity index (χ0v) is 19.5. The van der Waals surface area contributed by atoms with E-state index in [1.807, 2.05) is 0 Å². The third-order valence-electron chi connectivity index (χ3n) is 1.38. The molecule has 1 N–H and O–H groups in total. The minimum atomic E-state index is -0.272. The molecule has 0 atom stereocenters. The maximum atomic E-state index is 6.24. The molecule has 0 aliphatic carbocycles. The molecule has 0 heterocycles. The van der Waals surface area contributed by atoms with Gasteiger partial charge in [-0.2, -0.15) is 5.53 Å². The van der Waals surface area contributed by atoms with Gasteiger partial charge in [-0.15, -0.1) is 8.67 Å². The van der Waals surface area contributed by atoms with Gasteiger partial charge in [-0.1, -0.05) is 0 Å². The lowest BCUT2D eigenvalue weighted by Gasteiger charge is -2.07. The average molecular weight is 649 g/mol. The summed E-state index contributed by atoms with van der Waals surface area (Å²) in [5, 5.41) is 106. The normalized spacial score (nSPS) is 13.1.